The van der Waals surface area contributed by atoms with Gasteiger partial charge in [0, 0.05) is 25.2 Å². The fraction of sp³-hybridized carbons (Fsp3) is 0.500. The molecule has 2 aromatic rings. The van der Waals surface area contributed by atoms with Crippen molar-refractivity contribution in [3.8, 4) is 0 Å². The summed E-state index contributed by atoms with van der Waals surface area (Å²) in [6.45, 7) is 7.38. The minimum Gasteiger partial charge on any atom is -0.475 e. The largest absolute Gasteiger partial charge is 0.490 e. The lowest BCUT2D eigenvalue weighted by Gasteiger charge is -2.30. The molecular weight excluding hydrogens is 547 g/mol. The minimum atomic E-state index is -5.08. The molecule has 0 aromatic heterocycles. The molecule has 0 saturated carbocycles. The third kappa shape index (κ3) is 8.28. The van der Waals surface area contributed by atoms with Gasteiger partial charge in [-0.1, -0.05) is 43.7 Å². The van der Waals surface area contributed by atoms with Crippen LogP contribution in [0.15, 0.2) is 41.3 Å². The van der Waals surface area contributed by atoms with Crippen molar-refractivity contribution in [1.29, 1.82) is 0 Å². The predicted octanol–water partition coefficient (Wildman–Crippen LogP) is 3.29. The first kappa shape index (κ1) is 31.6. The van der Waals surface area contributed by atoms with Crippen LogP contribution in [0.3, 0.4) is 0 Å². The maximum absolute atomic E-state index is 13.0. The molecular formula is C28H36F3N3O5S. The SMILES string of the molecule is CCc1cc2c(cc1CC)CC(NC(=O)[C@@H]1CNC[C@H](NS(=O)(=O)c3ccc(C)cc3)C1)C2.O=C(O)C(F)(F)F. The number of aliphatic carboxylic acids is 1. The van der Waals surface area contributed by atoms with Gasteiger partial charge in [-0.05, 0) is 73.4 Å². The molecule has 1 saturated heterocycles. The third-order valence-electron chi connectivity index (χ3n) is 7.18. The minimum absolute atomic E-state index is 0.00553. The lowest BCUT2D eigenvalue weighted by molar-refractivity contribution is -0.192. The molecule has 1 aliphatic carbocycles. The van der Waals surface area contributed by atoms with Gasteiger partial charge in [-0.3, -0.25) is 4.79 Å². The van der Waals surface area contributed by atoms with Crippen LogP contribution in [0.5, 0.6) is 0 Å². The highest BCUT2D eigenvalue weighted by molar-refractivity contribution is 7.89. The number of hydrogen-bond donors (Lipinski definition) is 4. The van der Waals surface area contributed by atoms with E-state index >= 15 is 0 Å². The molecule has 1 aliphatic heterocycles. The molecule has 12 heteroatoms. The maximum atomic E-state index is 13.0. The van der Waals surface area contributed by atoms with Crippen LogP contribution in [0, 0.1) is 12.8 Å². The van der Waals surface area contributed by atoms with Crippen molar-refractivity contribution in [1.82, 2.24) is 15.4 Å². The van der Waals surface area contributed by atoms with Gasteiger partial charge in [-0.2, -0.15) is 13.2 Å². The van der Waals surface area contributed by atoms with Crippen LogP contribution in [-0.4, -0.2) is 56.8 Å². The second-order valence-corrected chi connectivity index (χ2v) is 11.9. The van der Waals surface area contributed by atoms with Gasteiger partial charge in [0.15, 0.2) is 0 Å². The molecule has 1 amide bonds. The highest BCUT2D eigenvalue weighted by atomic mass is 32.2. The standard InChI is InChI=1S/C26H35N3O3S.C2HF3O2/c1-4-18-10-20-12-23(13-21(20)11-19(18)5-2)28-26(30)22-14-24(16-27-15-22)29-33(31,32)25-8-6-17(3)7-9-25;3-2(4,5)1(6)7/h6-11,22-24,27,29H,4-5,12-16H2,1-3H3,(H,28,30);(H,6,7)/t22-,24+;/m0./s1. The van der Waals surface area contributed by atoms with Crippen LogP contribution in [0.25, 0.3) is 0 Å². The Kier molecular flexibility index (Phi) is 10.4. The zero-order valence-electron chi connectivity index (χ0n) is 22.8. The van der Waals surface area contributed by atoms with E-state index in [0.717, 1.165) is 31.2 Å². The zero-order valence-corrected chi connectivity index (χ0v) is 23.6. The predicted molar refractivity (Wildman–Crippen MR) is 144 cm³/mol. The topological polar surface area (TPSA) is 125 Å². The van der Waals surface area contributed by atoms with E-state index < -0.39 is 22.2 Å². The number of carbonyl (C=O) groups is 2. The summed E-state index contributed by atoms with van der Waals surface area (Å²) in [4.78, 5) is 22.2. The van der Waals surface area contributed by atoms with Gasteiger partial charge in [0.2, 0.25) is 15.9 Å². The van der Waals surface area contributed by atoms with Crippen molar-refractivity contribution in [2.45, 2.75) is 76.0 Å². The number of hydrogen-bond acceptors (Lipinski definition) is 5. The monoisotopic (exact) mass is 583 g/mol. The van der Waals surface area contributed by atoms with Gasteiger partial charge >= 0.3 is 12.1 Å². The number of amides is 1. The number of aryl methyl sites for hydroxylation is 3. The number of carbonyl (C=O) groups excluding carboxylic acids is 1. The second-order valence-electron chi connectivity index (χ2n) is 10.2. The molecule has 0 bridgehead atoms. The zero-order chi connectivity index (χ0) is 29.7. The Labute approximate surface area is 232 Å². The highest BCUT2D eigenvalue weighted by Gasteiger charge is 2.38. The van der Waals surface area contributed by atoms with E-state index in [0.29, 0.717) is 19.5 Å². The fourth-order valence-corrected chi connectivity index (χ4v) is 6.34. The molecule has 1 fully saturated rings. The average Bonchev–Trinajstić information content (AvgIpc) is 3.28. The number of carboxylic acid groups (broad SMARTS) is 1. The summed E-state index contributed by atoms with van der Waals surface area (Å²) in [6, 6.07) is 11.2. The van der Waals surface area contributed by atoms with Crippen molar-refractivity contribution >= 4 is 21.9 Å². The van der Waals surface area contributed by atoms with E-state index in [1.54, 1.807) is 24.3 Å². The van der Waals surface area contributed by atoms with Crippen LogP contribution in [0.2, 0.25) is 0 Å². The Balaban J connectivity index is 0.000000559. The number of fused-ring (bicyclic) bond motifs is 1. The van der Waals surface area contributed by atoms with Gasteiger partial charge in [-0.15, -0.1) is 0 Å². The smallest absolute Gasteiger partial charge is 0.475 e. The van der Waals surface area contributed by atoms with E-state index in [1.165, 1.54) is 22.3 Å². The molecule has 2 aliphatic rings. The number of piperidine rings is 1. The Morgan fingerprint density at radius 1 is 0.975 bits per heavy atom. The Bertz CT molecular complexity index is 1280. The number of nitrogens with one attached hydrogen (secondary N) is 3. The van der Waals surface area contributed by atoms with Crippen LogP contribution < -0.4 is 15.4 Å². The first-order chi connectivity index (χ1) is 18.7. The third-order valence-corrected chi connectivity index (χ3v) is 8.72. The average molecular weight is 584 g/mol. The normalized spacial score (nSPS) is 19.4. The molecule has 2 atom stereocenters. The van der Waals surface area contributed by atoms with E-state index in [4.69, 9.17) is 9.90 Å². The van der Waals surface area contributed by atoms with Gasteiger partial charge in [0.1, 0.15) is 0 Å². The summed E-state index contributed by atoms with van der Waals surface area (Å²) in [5.74, 6) is -3.01. The fourth-order valence-electron chi connectivity index (χ4n) is 5.09. The number of sulfonamides is 1. The summed E-state index contributed by atoms with van der Waals surface area (Å²) in [7, 11) is -3.62. The van der Waals surface area contributed by atoms with Gasteiger partial charge in [0.05, 0.1) is 10.8 Å². The van der Waals surface area contributed by atoms with Crippen LogP contribution in [0.4, 0.5) is 13.2 Å². The summed E-state index contributed by atoms with van der Waals surface area (Å²) in [6.07, 6.45) is -0.810. The van der Waals surface area contributed by atoms with Crippen LogP contribution in [0.1, 0.15) is 48.1 Å². The molecule has 220 valence electrons. The molecule has 40 heavy (non-hydrogen) atoms. The van der Waals surface area contributed by atoms with Crippen molar-refractivity contribution in [3.63, 3.8) is 0 Å². The summed E-state index contributed by atoms with van der Waals surface area (Å²) < 4.78 is 60.0. The number of alkyl halides is 3. The molecule has 8 nitrogen and oxygen atoms in total. The van der Waals surface area contributed by atoms with Crippen molar-refractivity contribution in [2.24, 2.45) is 5.92 Å². The molecule has 1 heterocycles. The van der Waals surface area contributed by atoms with E-state index in [-0.39, 0.29) is 28.8 Å². The first-order valence-corrected chi connectivity index (χ1v) is 14.8. The summed E-state index contributed by atoms with van der Waals surface area (Å²) in [5, 5.41) is 13.6. The lowest BCUT2D eigenvalue weighted by Crippen LogP contribution is -2.53. The van der Waals surface area contributed by atoms with E-state index in [9.17, 15) is 26.4 Å². The van der Waals surface area contributed by atoms with E-state index in [2.05, 4.69) is 41.3 Å². The lowest BCUT2D eigenvalue weighted by atomic mass is 9.95. The van der Waals surface area contributed by atoms with Gasteiger partial charge < -0.3 is 15.7 Å². The molecule has 4 N–H and O–H groups in total. The Morgan fingerprint density at radius 3 is 1.98 bits per heavy atom. The maximum Gasteiger partial charge on any atom is 0.490 e. The second kappa shape index (κ2) is 13.1. The number of halogens is 3. The van der Waals surface area contributed by atoms with Crippen LogP contribution >= 0.6 is 0 Å². The molecule has 0 spiro atoms. The molecule has 0 radical (unpaired) electrons. The van der Waals surface area contributed by atoms with Gasteiger partial charge in [-0.25, -0.2) is 17.9 Å². The number of carboxylic acids is 1. The van der Waals surface area contributed by atoms with Crippen molar-refractivity contribution in [2.75, 3.05) is 13.1 Å². The molecule has 4 rings (SSSR count). The molecule has 0 unspecified atom stereocenters. The first-order valence-electron chi connectivity index (χ1n) is 13.3. The number of benzene rings is 2. The highest BCUT2D eigenvalue weighted by Crippen LogP contribution is 2.27. The van der Waals surface area contributed by atoms with Gasteiger partial charge in [0.25, 0.3) is 0 Å². The Morgan fingerprint density at radius 2 is 1.50 bits per heavy atom. The Hall–Kier alpha value is -2.96. The quantitative estimate of drug-likeness (QED) is 0.397. The van der Waals surface area contributed by atoms with Crippen molar-refractivity contribution in [3.05, 3.63) is 64.2 Å². The number of rotatable bonds is 7. The summed E-state index contributed by atoms with van der Waals surface area (Å²) >= 11 is 0. The molecule has 2 aromatic carbocycles. The summed E-state index contributed by atoms with van der Waals surface area (Å²) in [5.41, 5.74) is 6.52. The van der Waals surface area contributed by atoms with Crippen molar-refractivity contribution < 1.29 is 36.3 Å². The van der Waals surface area contributed by atoms with Crippen LogP contribution in [-0.2, 0) is 45.3 Å². The van der Waals surface area contributed by atoms with E-state index in [1.807, 2.05) is 6.92 Å².